The molecule has 0 unspecified atom stereocenters. The van der Waals surface area contributed by atoms with E-state index in [0.29, 0.717) is 16.7 Å². The first-order valence-electron chi connectivity index (χ1n) is 6.35. The normalized spacial score (nSPS) is 10.0. The van der Waals surface area contributed by atoms with Crippen LogP contribution in [0.5, 0.6) is 5.75 Å². The summed E-state index contributed by atoms with van der Waals surface area (Å²) >= 11 is 11.9. The first-order valence-corrected chi connectivity index (χ1v) is 7.10. The van der Waals surface area contributed by atoms with E-state index in [2.05, 4.69) is 10.9 Å². The molecular formula is C15H14Cl2N2O2. The summed E-state index contributed by atoms with van der Waals surface area (Å²) in [6, 6.07) is 12.1. The van der Waals surface area contributed by atoms with Gasteiger partial charge >= 0.3 is 0 Å². The molecule has 0 heterocycles. The van der Waals surface area contributed by atoms with E-state index < -0.39 is 5.91 Å². The van der Waals surface area contributed by atoms with Crippen LogP contribution in [0.1, 0.15) is 17.3 Å². The van der Waals surface area contributed by atoms with Gasteiger partial charge in [-0.3, -0.25) is 15.6 Å². The van der Waals surface area contributed by atoms with Crippen molar-refractivity contribution in [2.45, 2.75) is 6.92 Å². The molecule has 0 atom stereocenters. The SMILES string of the molecule is CCOc1ccc(NNC(=O)c2c(Cl)cccc2Cl)cc1. The number of anilines is 1. The van der Waals surface area contributed by atoms with E-state index in [1.807, 2.05) is 6.92 Å². The number of halogens is 2. The third kappa shape index (κ3) is 4.03. The first-order chi connectivity index (χ1) is 10.1. The zero-order valence-electron chi connectivity index (χ0n) is 11.3. The van der Waals surface area contributed by atoms with Crippen molar-refractivity contribution in [2.24, 2.45) is 0 Å². The van der Waals surface area contributed by atoms with Crippen LogP contribution in [0.15, 0.2) is 42.5 Å². The summed E-state index contributed by atoms with van der Waals surface area (Å²) in [5.41, 5.74) is 6.30. The van der Waals surface area contributed by atoms with E-state index in [-0.39, 0.29) is 5.56 Å². The lowest BCUT2D eigenvalue weighted by atomic mass is 10.2. The third-order valence-electron chi connectivity index (χ3n) is 2.68. The maximum atomic E-state index is 12.1. The fourth-order valence-electron chi connectivity index (χ4n) is 1.71. The smallest absolute Gasteiger partial charge is 0.272 e. The Hall–Kier alpha value is -1.91. The number of benzene rings is 2. The van der Waals surface area contributed by atoms with E-state index in [0.717, 1.165) is 11.4 Å². The number of amides is 1. The molecule has 6 heteroatoms. The van der Waals surface area contributed by atoms with Crippen molar-refractivity contribution >= 4 is 34.8 Å². The minimum absolute atomic E-state index is 0.235. The zero-order chi connectivity index (χ0) is 15.2. The number of ether oxygens (including phenoxy) is 1. The van der Waals surface area contributed by atoms with Crippen molar-refractivity contribution in [3.05, 3.63) is 58.1 Å². The lowest BCUT2D eigenvalue weighted by Crippen LogP contribution is -2.29. The van der Waals surface area contributed by atoms with Crippen LogP contribution in [0, 0.1) is 0 Å². The van der Waals surface area contributed by atoms with Crippen LogP contribution in [0.25, 0.3) is 0 Å². The highest BCUT2D eigenvalue weighted by atomic mass is 35.5. The van der Waals surface area contributed by atoms with Gasteiger partial charge in [-0.25, -0.2) is 0 Å². The monoisotopic (exact) mass is 324 g/mol. The van der Waals surface area contributed by atoms with Crippen LogP contribution in [0.3, 0.4) is 0 Å². The summed E-state index contributed by atoms with van der Waals surface area (Å²) in [4.78, 5) is 12.1. The molecule has 0 aromatic heterocycles. The molecule has 0 aliphatic rings. The molecule has 2 aromatic carbocycles. The predicted molar refractivity (Wildman–Crippen MR) is 85.2 cm³/mol. The van der Waals surface area contributed by atoms with Gasteiger partial charge in [0.25, 0.3) is 5.91 Å². The van der Waals surface area contributed by atoms with Crippen LogP contribution in [0.4, 0.5) is 5.69 Å². The molecule has 0 saturated carbocycles. The minimum atomic E-state index is -0.403. The van der Waals surface area contributed by atoms with Crippen LogP contribution in [-0.4, -0.2) is 12.5 Å². The number of carbonyl (C=O) groups excluding carboxylic acids is 1. The Bertz CT molecular complexity index is 610. The van der Waals surface area contributed by atoms with Gasteiger partial charge in [-0.15, -0.1) is 0 Å². The van der Waals surface area contributed by atoms with Gasteiger partial charge in [0.2, 0.25) is 0 Å². The highest BCUT2D eigenvalue weighted by Gasteiger charge is 2.13. The van der Waals surface area contributed by atoms with Gasteiger partial charge < -0.3 is 4.74 Å². The Kier molecular flexibility index (Phi) is 5.31. The van der Waals surface area contributed by atoms with Crippen molar-refractivity contribution in [1.29, 1.82) is 0 Å². The number of hydrogen-bond donors (Lipinski definition) is 2. The Balaban J connectivity index is 2.01. The molecule has 2 aromatic rings. The highest BCUT2D eigenvalue weighted by molar-refractivity contribution is 6.39. The zero-order valence-corrected chi connectivity index (χ0v) is 12.8. The average molecular weight is 325 g/mol. The summed E-state index contributed by atoms with van der Waals surface area (Å²) in [6.07, 6.45) is 0. The van der Waals surface area contributed by atoms with Crippen molar-refractivity contribution in [2.75, 3.05) is 12.0 Å². The maximum absolute atomic E-state index is 12.1. The first kappa shape index (κ1) is 15.5. The lowest BCUT2D eigenvalue weighted by Gasteiger charge is -2.11. The van der Waals surface area contributed by atoms with Crippen molar-refractivity contribution in [1.82, 2.24) is 5.43 Å². The number of rotatable bonds is 5. The minimum Gasteiger partial charge on any atom is -0.494 e. The van der Waals surface area contributed by atoms with Gasteiger partial charge in [0.1, 0.15) is 5.75 Å². The molecule has 0 bridgehead atoms. The van der Waals surface area contributed by atoms with Gasteiger partial charge in [-0.1, -0.05) is 29.3 Å². The maximum Gasteiger partial charge on any atom is 0.272 e. The Labute approximate surface area is 133 Å². The topological polar surface area (TPSA) is 50.4 Å². The van der Waals surface area contributed by atoms with Crippen LogP contribution in [0.2, 0.25) is 10.0 Å². The number of carbonyl (C=O) groups is 1. The summed E-state index contributed by atoms with van der Waals surface area (Å²) in [5.74, 6) is 0.364. The van der Waals surface area contributed by atoms with E-state index >= 15 is 0 Å². The van der Waals surface area contributed by atoms with Crippen LogP contribution in [-0.2, 0) is 0 Å². The molecule has 4 nitrogen and oxygen atoms in total. The second-order valence-electron chi connectivity index (χ2n) is 4.13. The fraction of sp³-hybridized carbons (Fsp3) is 0.133. The van der Waals surface area contributed by atoms with Crippen LogP contribution >= 0.6 is 23.2 Å². The van der Waals surface area contributed by atoms with E-state index in [9.17, 15) is 4.79 Å². The van der Waals surface area contributed by atoms with Gasteiger partial charge in [-0.05, 0) is 43.3 Å². The predicted octanol–water partition coefficient (Wildman–Crippen LogP) is 4.15. The van der Waals surface area contributed by atoms with Gasteiger partial charge in [0.15, 0.2) is 0 Å². The lowest BCUT2D eigenvalue weighted by molar-refractivity contribution is 0.0963. The molecule has 1 amide bonds. The molecule has 0 fully saturated rings. The second-order valence-corrected chi connectivity index (χ2v) is 4.95. The van der Waals surface area contributed by atoms with Crippen LogP contribution < -0.4 is 15.6 Å². The van der Waals surface area contributed by atoms with E-state index in [1.54, 1.807) is 42.5 Å². The standard InChI is InChI=1S/C15H14Cl2N2O2/c1-2-21-11-8-6-10(7-9-11)18-19-15(20)14-12(16)4-3-5-13(14)17/h3-9,18H,2H2,1H3,(H,19,20). The number of hydrazine groups is 1. The third-order valence-corrected chi connectivity index (χ3v) is 3.31. The van der Waals surface area contributed by atoms with Gasteiger partial charge in [0, 0.05) is 0 Å². The van der Waals surface area contributed by atoms with Gasteiger partial charge in [-0.2, -0.15) is 0 Å². The van der Waals surface area contributed by atoms with E-state index in [4.69, 9.17) is 27.9 Å². The van der Waals surface area contributed by atoms with Crippen molar-refractivity contribution < 1.29 is 9.53 Å². The molecule has 2 rings (SSSR count). The Morgan fingerprint density at radius 1 is 1.10 bits per heavy atom. The molecule has 0 radical (unpaired) electrons. The summed E-state index contributed by atoms with van der Waals surface area (Å²) in [7, 11) is 0. The molecule has 2 N–H and O–H groups in total. The second kappa shape index (κ2) is 7.20. The highest BCUT2D eigenvalue weighted by Crippen LogP contribution is 2.24. The molecule has 0 aliphatic heterocycles. The summed E-state index contributed by atoms with van der Waals surface area (Å²) in [6.45, 7) is 2.52. The van der Waals surface area contributed by atoms with E-state index in [1.165, 1.54) is 0 Å². The largest absolute Gasteiger partial charge is 0.494 e. The van der Waals surface area contributed by atoms with Crippen molar-refractivity contribution in [3.8, 4) is 5.75 Å². The molecule has 21 heavy (non-hydrogen) atoms. The summed E-state index contributed by atoms with van der Waals surface area (Å²) in [5, 5.41) is 0.599. The number of hydrogen-bond acceptors (Lipinski definition) is 3. The fourth-order valence-corrected chi connectivity index (χ4v) is 2.28. The molecule has 110 valence electrons. The quantitative estimate of drug-likeness (QED) is 0.812. The molecule has 0 aliphatic carbocycles. The van der Waals surface area contributed by atoms with Crippen molar-refractivity contribution in [3.63, 3.8) is 0 Å². The molecular weight excluding hydrogens is 311 g/mol. The summed E-state index contributed by atoms with van der Waals surface area (Å²) < 4.78 is 5.34. The Morgan fingerprint density at radius 3 is 2.29 bits per heavy atom. The Morgan fingerprint density at radius 2 is 1.71 bits per heavy atom. The molecule has 0 spiro atoms. The average Bonchev–Trinajstić information content (AvgIpc) is 2.47. The number of nitrogens with one attached hydrogen (secondary N) is 2. The van der Waals surface area contributed by atoms with Gasteiger partial charge in [0.05, 0.1) is 27.9 Å². The molecule has 0 saturated heterocycles.